The maximum absolute atomic E-state index is 2.37. The third kappa shape index (κ3) is 3.33. The molecule has 2 heteroatoms. The predicted octanol–water partition coefficient (Wildman–Crippen LogP) is 6.52. The summed E-state index contributed by atoms with van der Waals surface area (Å²) < 4.78 is 2.27. The van der Waals surface area contributed by atoms with Gasteiger partial charge in [-0.1, -0.05) is 74.5 Å². The first kappa shape index (κ1) is 20.3. The molecule has 2 heterocycles. The first-order valence-electron chi connectivity index (χ1n) is 11.2. The third-order valence-electron chi connectivity index (χ3n) is 6.76. The fraction of sp³-hybridized carbons (Fsp3) is 0.167. The van der Waals surface area contributed by atoms with E-state index in [-0.39, 0.29) is 5.41 Å². The van der Waals surface area contributed by atoms with Gasteiger partial charge in [-0.05, 0) is 41.0 Å². The number of benzene rings is 3. The molecule has 1 aliphatic rings. The zero-order valence-corrected chi connectivity index (χ0v) is 19.2. The number of hydrogen-bond acceptors (Lipinski definition) is 1. The summed E-state index contributed by atoms with van der Waals surface area (Å²) >= 11 is 0. The lowest BCUT2D eigenvalue weighted by Crippen LogP contribution is -2.32. The molecule has 0 saturated carbocycles. The van der Waals surface area contributed by atoms with Gasteiger partial charge in [-0.25, -0.2) is 0 Å². The smallest absolute Gasteiger partial charge is 0.212 e. The minimum atomic E-state index is -0.0647. The van der Waals surface area contributed by atoms with Gasteiger partial charge in [0.15, 0.2) is 0 Å². The molecule has 1 aliphatic heterocycles. The molecule has 0 radical (unpaired) electrons. The quantitative estimate of drug-likeness (QED) is 0.344. The summed E-state index contributed by atoms with van der Waals surface area (Å²) in [4.78, 5) is 2.34. The van der Waals surface area contributed by atoms with E-state index in [4.69, 9.17) is 0 Å². The fourth-order valence-corrected chi connectivity index (χ4v) is 4.91. The van der Waals surface area contributed by atoms with E-state index in [9.17, 15) is 0 Å². The number of fused-ring (bicyclic) bond motifs is 2. The van der Waals surface area contributed by atoms with Crippen LogP contribution in [0.1, 0.15) is 30.7 Å². The van der Waals surface area contributed by atoms with Crippen molar-refractivity contribution >= 4 is 28.2 Å². The molecule has 0 spiro atoms. The van der Waals surface area contributed by atoms with Crippen molar-refractivity contribution in [1.82, 2.24) is 0 Å². The van der Waals surface area contributed by atoms with Crippen molar-refractivity contribution in [3.8, 4) is 0 Å². The van der Waals surface area contributed by atoms with Gasteiger partial charge < -0.3 is 4.90 Å². The van der Waals surface area contributed by atoms with E-state index < -0.39 is 0 Å². The van der Waals surface area contributed by atoms with Crippen LogP contribution < -0.4 is 9.47 Å². The maximum atomic E-state index is 2.37. The number of pyridine rings is 1. The van der Waals surface area contributed by atoms with Gasteiger partial charge in [-0.3, -0.25) is 0 Å². The number of aryl methyl sites for hydroxylation is 1. The second kappa shape index (κ2) is 7.80. The first-order valence-corrected chi connectivity index (χ1v) is 11.2. The zero-order chi connectivity index (χ0) is 22.3. The Kier molecular flexibility index (Phi) is 4.94. The maximum Gasteiger partial charge on any atom is 0.212 e. The summed E-state index contributed by atoms with van der Waals surface area (Å²) in [7, 11) is 4.32. The highest BCUT2D eigenvalue weighted by Gasteiger charge is 2.38. The monoisotopic (exact) mass is 417 g/mol. The number of aromatic nitrogens is 1. The lowest BCUT2D eigenvalue weighted by Gasteiger charge is -2.25. The predicted molar refractivity (Wildman–Crippen MR) is 135 cm³/mol. The van der Waals surface area contributed by atoms with Gasteiger partial charge in [-0.15, -0.1) is 0 Å². The Bertz CT molecular complexity index is 1360. The van der Waals surface area contributed by atoms with E-state index in [1.165, 1.54) is 44.7 Å². The minimum absolute atomic E-state index is 0.0647. The van der Waals surface area contributed by atoms with Crippen molar-refractivity contribution in [3.05, 3.63) is 120 Å². The molecule has 0 unspecified atom stereocenters. The normalized spacial score (nSPS) is 16.6. The van der Waals surface area contributed by atoms with E-state index in [1.807, 2.05) is 0 Å². The minimum Gasteiger partial charge on any atom is -0.347 e. The van der Waals surface area contributed by atoms with E-state index in [0.29, 0.717) is 0 Å². The first-order chi connectivity index (χ1) is 15.5. The van der Waals surface area contributed by atoms with Crippen molar-refractivity contribution < 1.29 is 4.57 Å². The van der Waals surface area contributed by atoms with Crippen molar-refractivity contribution in [2.75, 3.05) is 11.9 Å². The van der Waals surface area contributed by atoms with Crippen LogP contribution in [-0.2, 0) is 12.5 Å². The number of nitrogens with zero attached hydrogens (tertiary/aromatic N) is 2. The van der Waals surface area contributed by atoms with Gasteiger partial charge in [0.05, 0.1) is 0 Å². The molecule has 0 fully saturated rings. The topological polar surface area (TPSA) is 7.12 Å². The van der Waals surface area contributed by atoms with Gasteiger partial charge in [0.25, 0.3) is 0 Å². The summed E-state index contributed by atoms with van der Waals surface area (Å²) in [6.07, 6.45) is 4.67. The fourth-order valence-electron chi connectivity index (χ4n) is 4.91. The summed E-state index contributed by atoms with van der Waals surface area (Å²) in [5.74, 6) is 0. The van der Waals surface area contributed by atoms with Crippen LogP contribution >= 0.6 is 0 Å². The van der Waals surface area contributed by atoms with Crippen LogP contribution in [0.5, 0.6) is 0 Å². The number of rotatable bonds is 3. The molecule has 3 aromatic carbocycles. The van der Waals surface area contributed by atoms with Crippen molar-refractivity contribution in [2.24, 2.45) is 7.05 Å². The molecule has 4 aromatic rings. The molecule has 1 aromatic heterocycles. The van der Waals surface area contributed by atoms with Crippen LogP contribution in [0.4, 0.5) is 5.69 Å². The van der Waals surface area contributed by atoms with E-state index in [0.717, 1.165) is 0 Å². The summed E-state index contributed by atoms with van der Waals surface area (Å²) in [5.41, 5.74) is 8.72. The van der Waals surface area contributed by atoms with Gasteiger partial charge in [-0.2, -0.15) is 4.57 Å². The molecule has 0 atom stereocenters. The van der Waals surface area contributed by atoms with Crippen LogP contribution in [-0.4, -0.2) is 7.05 Å². The average Bonchev–Trinajstić information content (AvgIpc) is 3.01. The Morgan fingerprint density at radius 3 is 2.28 bits per heavy atom. The summed E-state index contributed by atoms with van der Waals surface area (Å²) in [6.45, 7) is 4.64. The molecule has 0 aliphatic carbocycles. The van der Waals surface area contributed by atoms with Crippen LogP contribution in [0.2, 0.25) is 0 Å². The van der Waals surface area contributed by atoms with Crippen molar-refractivity contribution in [2.45, 2.75) is 19.3 Å². The molecule has 0 bridgehead atoms. The third-order valence-corrected chi connectivity index (χ3v) is 6.76. The Balaban J connectivity index is 1.70. The zero-order valence-electron chi connectivity index (χ0n) is 19.2. The number of hydrogen-bond donors (Lipinski definition) is 0. The molecule has 5 rings (SSSR count). The number of likely N-dealkylation sites (N-methyl/N-ethyl adjacent to an activating group) is 1. The number of allylic oxidation sites excluding steroid dienone is 3. The van der Waals surface area contributed by atoms with Crippen LogP contribution in [0.25, 0.3) is 22.6 Å². The number of anilines is 1. The van der Waals surface area contributed by atoms with Crippen molar-refractivity contribution in [3.63, 3.8) is 0 Å². The Morgan fingerprint density at radius 1 is 0.812 bits per heavy atom. The van der Waals surface area contributed by atoms with Crippen LogP contribution in [0.3, 0.4) is 0 Å². The Labute approximate surface area is 190 Å². The number of para-hydroxylation sites is 2. The highest BCUT2D eigenvalue weighted by atomic mass is 15.2. The standard InChI is InChI=1S/C30H29N2/c1-30(2)26-15-9-11-17-28(26)32(4)29(30)21-24(22-12-6-5-7-13-22)20-25-19-18-23-14-8-10-16-27(23)31(25)3/h5-21H,1-4H3/q+1. The summed E-state index contributed by atoms with van der Waals surface area (Å²) in [5, 5.41) is 1.25. The lowest BCUT2D eigenvalue weighted by molar-refractivity contribution is -0.646. The Morgan fingerprint density at radius 2 is 1.50 bits per heavy atom. The Hall–Kier alpha value is -3.65. The lowest BCUT2D eigenvalue weighted by atomic mass is 9.83. The second-order valence-corrected chi connectivity index (χ2v) is 9.07. The van der Waals surface area contributed by atoms with Gasteiger partial charge in [0, 0.05) is 47.4 Å². The molecular weight excluding hydrogens is 388 g/mol. The molecule has 2 nitrogen and oxygen atoms in total. The molecule has 0 saturated heterocycles. The van der Waals surface area contributed by atoms with E-state index in [1.54, 1.807) is 0 Å². The SMILES string of the molecule is CN1C(=CC(=Cc2ccc3ccccc3[n+]2C)c2ccccc2)C(C)(C)c2ccccc21. The van der Waals surface area contributed by atoms with E-state index in [2.05, 4.69) is 141 Å². The van der Waals surface area contributed by atoms with Crippen LogP contribution in [0.15, 0.2) is 103 Å². The highest BCUT2D eigenvalue weighted by molar-refractivity contribution is 5.89. The molecule has 0 amide bonds. The molecule has 158 valence electrons. The van der Waals surface area contributed by atoms with Gasteiger partial charge >= 0.3 is 0 Å². The van der Waals surface area contributed by atoms with E-state index >= 15 is 0 Å². The largest absolute Gasteiger partial charge is 0.347 e. The summed E-state index contributed by atoms with van der Waals surface area (Å²) in [6, 6.07) is 32.4. The van der Waals surface area contributed by atoms with Crippen molar-refractivity contribution in [1.29, 1.82) is 0 Å². The van der Waals surface area contributed by atoms with Crippen LogP contribution in [0, 0.1) is 0 Å². The average molecular weight is 418 g/mol. The van der Waals surface area contributed by atoms with Gasteiger partial charge in [0.1, 0.15) is 7.05 Å². The molecule has 32 heavy (non-hydrogen) atoms. The molecule has 0 N–H and O–H groups in total. The highest BCUT2D eigenvalue weighted by Crippen LogP contribution is 2.47. The molecular formula is C30H29N2+. The van der Waals surface area contributed by atoms with Gasteiger partial charge in [0.2, 0.25) is 11.2 Å². The second-order valence-electron chi connectivity index (χ2n) is 9.07.